The lowest BCUT2D eigenvalue weighted by Crippen LogP contribution is -2.28. The van der Waals surface area contributed by atoms with Crippen molar-refractivity contribution in [2.75, 3.05) is 24.7 Å². The molecule has 0 amide bonds. The van der Waals surface area contributed by atoms with Crippen LogP contribution in [0.5, 0.6) is 0 Å². The lowest BCUT2D eigenvalue weighted by atomic mass is 10.2. The van der Waals surface area contributed by atoms with Gasteiger partial charge in [0.1, 0.15) is 4.99 Å². The Labute approximate surface area is 117 Å². The molecule has 0 saturated heterocycles. The van der Waals surface area contributed by atoms with Gasteiger partial charge in [0.2, 0.25) is 10.0 Å². The number of nitrogens with one attached hydrogen (secondary N) is 2. The quantitative estimate of drug-likeness (QED) is 0.538. The number of rotatable bonds is 6. The second kappa shape index (κ2) is 6.33. The molecular formula is C10H14ClN3O2S2. The van der Waals surface area contributed by atoms with Gasteiger partial charge in [0.15, 0.2) is 0 Å². The van der Waals surface area contributed by atoms with Crippen molar-refractivity contribution < 1.29 is 8.42 Å². The van der Waals surface area contributed by atoms with Crippen molar-refractivity contribution in [1.29, 1.82) is 0 Å². The zero-order chi connectivity index (χ0) is 13.8. The minimum absolute atomic E-state index is 0.255. The summed E-state index contributed by atoms with van der Waals surface area (Å²) in [5.41, 5.74) is 6.94. The molecule has 0 bridgehead atoms. The molecule has 100 valence electrons. The Hall–Kier alpha value is -0.890. The van der Waals surface area contributed by atoms with Crippen molar-refractivity contribution in [1.82, 2.24) is 4.72 Å². The van der Waals surface area contributed by atoms with Gasteiger partial charge in [0.05, 0.1) is 6.26 Å². The van der Waals surface area contributed by atoms with E-state index in [4.69, 9.17) is 29.6 Å². The molecule has 0 atom stereocenters. The van der Waals surface area contributed by atoms with Crippen LogP contribution < -0.4 is 15.8 Å². The number of thiocarbonyl (C=S) groups is 1. The molecule has 0 heterocycles. The number of sulfonamides is 1. The maximum absolute atomic E-state index is 10.9. The Morgan fingerprint density at radius 3 is 2.67 bits per heavy atom. The Balaban J connectivity index is 2.66. The Kier molecular flexibility index (Phi) is 5.33. The van der Waals surface area contributed by atoms with Gasteiger partial charge in [-0.05, 0) is 18.2 Å². The van der Waals surface area contributed by atoms with Crippen LogP contribution in [0.3, 0.4) is 0 Å². The van der Waals surface area contributed by atoms with Crippen LogP contribution in [0.2, 0.25) is 5.02 Å². The molecule has 0 aliphatic carbocycles. The molecule has 1 aromatic carbocycles. The van der Waals surface area contributed by atoms with Crippen molar-refractivity contribution >= 4 is 44.5 Å². The van der Waals surface area contributed by atoms with Gasteiger partial charge in [-0.25, -0.2) is 13.1 Å². The van der Waals surface area contributed by atoms with Crippen LogP contribution in [0.1, 0.15) is 5.56 Å². The highest BCUT2D eigenvalue weighted by molar-refractivity contribution is 7.88. The monoisotopic (exact) mass is 307 g/mol. The molecule has 1 rings (SSSR count). The molecular weight excluding hydrogens is 294 g/mol. The highest BCUT2D eigenvalue weighted by Crippen LogP contribution is 2.20. The molecule has 1 aromatic rings. The highest BCUT2D eigenvalue weighted by atomic mass is 35.5. The summed E-state index contributed by atoms with van der Waals surface area (Å²) in [7, 11) is -3.18. The summed E-state index contributed by atoms with van der Waals surface area (Å²) in [5, 5.41) is 3.58. The minimum atomic E-state index is -3.18. The first-order valence-electron chi connectivity index (χ1n) is 5.07. The van der Waals surface area contributed by atoms with Crippen molar-refractivity contribution in [3.63, 3.8) is 0 Å². The third kappa shape index (κ3) is 5.18. The molecule has 0 aliphatic rings. The second-order valence-electron chi connectivity index (χ2n) is 3.65. The Morgan fingerprint density at radius 2 is 2.11 bits per heavy atom. The fourth-order valence-electron chi connectivity index (χ4n) is 1.31. The zero-order valence-corrected chi connectivity index (χ0v) is 12.1. The molecule has 0 aliphatic heterocycles. The van der Waals surface area contributed by atoms with Crippen LogP contribution in [0, 0.1) is 0 Å². The maximum Gasteiger partial charge on any atom is 0.208 e. The molecule has 0 spiro atoms. The van der Waals surface area contributed by atoms with Crippen LogP contribution in [0.4, 0.5) is 5.69 Å². The van der Waals surface area contributed by atoms with Crippen molar-refractivity contribution in [2.24, 2.45) is 5.73 Å². The molecule has 0 aromatic heterocycles. The maximum atomic E-state index is 10.9. The number of halogens is 1. The third-order valence-electron chi connectivity index (χ3n) is 2.05. The lowest BCUT2D eigenvalue weighted by Gasteiger charge is -2.11. The van der Waals surface area contributed by atoms with Crippen LogP contribution in [0.25, 0.3) is 0 Å². The van der Waals surface area contributed by atoms with Crippen molar-refractivity contribution in [2.45, 2.75) is 0 Å². The first-order chi connectivity index (χ1) is 8.29. The van der Waals surface area contributed by atoms with Gasteiger partial charge < -0.3 is 11.1 Å². The summed E-state index contributed by atoms with van der Waals surface area (Å²) in [6.07, 6.45) is 1.10. The van der Waals surface area contributed by atoms with Crippen LogP contribution in [-0.4, -0.2) is 32.8 Å². The fraction of sp³-hybridized carbons (Fsp3) is 0.300. The lowest BCUT2D eigenvalue weighted by molar-refractivity contribution is 0.589. The van der Waals surface area contributed by atoms with Crippen molar-refractivity contribution in [3.05, 3.63) is 28.8 Å². The van der Waals surface area contributed by atoms with E-state index in [2.05, 4.69) is 10.0 Å². The normalized spacial score (nSPS) is 11.2. The van der Waals surface area contributed by atoms with Gasteiger partial charge in [-0.2, -0.15) is 0 Å². The number of hydrogen-bond acceptors (Lipinski definition) is 4. The van der Waals surface area contributed by atoms with Gasteiger partial charge >= 0.3 is 0 Å². The van der Waals surface area contributed by atoms with E-state index in [1.54, 1.807) is 18.2 Å². The minimum Gasteiger partial charge on any atom is -0.389 e. The van der Waals surface area contributed by atoms with Crippen LogP contribution in [-0.2, 0) is 10.0 Å². The summed E-state index contributed by atoms with van der Waals surface area (Å²) in [4.78, 5) is 0.255. The van der Waals surface area contributed by atoms with Gasteiger partial charge in [-0.1, -0.05) is 23.8 Å². The van der Waals surface area contributed by atoms with Gasteiger partial charge in [0, 0.05) is 29.4 Å². The van der Waals surface area contributed by atoms with E-state index in [-0.39, 0.29) is 11.5 Å². The Morgan fingerprint density at radius 1 is 1.44 bits per heavy atom. The van der Waals surface area contributed by atoms with Gasteiger partial charge in [-0.3, -0.25) is 0 Å². The molecule has 0 unspecified atom stereocenters. The zero-order valence-electron chi connectivity index (χ0n) is 9.73. The van der Waals surface area contributed by atoms with E-state index in [9.17, 15) is 8.42 Å². The summed E-state index contributed by atoms with van der Waals surface area (Å²) in [5.74, 6) is 0. The first kappa shape index (κ1) is 15.2. The van der Waals surface area contributed by atoms with E-state index in [1.807, 2.05) is 0 Å². The fourth-order valence-corrected chi connectivity index (χ4v) is 2.13. The number of benzene rings is 1. The van der Waals surface area contributed by atoms with E-state index in [0.717, 1.165) is 6.26 Å². The van der Waals surface area contributed by atoms with E-state index < -0.39 is 10.0 Å². The molecule has 18 heavy (non-hydrogen) atoms. The topological polar surface area (TPSA) is 84.2 Å². The predicted molar refractivity (Wildman–Crippen MR) is 78.7 cm³/mol. The molecule has 0 saturated carbocycles. The number of anilines is 1. The van der Waals surface area contributed by atoms with E-state index in [0.29, 0.717) is 22.8 Å². The van der Waals surface area contributed by atoms with Crippen molar-refractivity contribution in [3.8, 4) is 0 Å². The third-order valence-corrected chi connectivity index (χ3v) is 3.24. The average molecular weight is 308 g/mol. The SMILES string of the molecule is CS(=O)(=O)NCCNc1cc(Cl)ccc1C(N)=S. The average Bonchev–Trinajstić information content (AvgIpc) is 2.22. The molecule has 5 nitrogen and oxygen atoms in total. The number of nitrogens with two attached hydrogens (primary N) is 1. The largest absolute Gasteiger partial charge is 0.389 e. The van der Waals surface area contributed by atoms with E-state index in [1.165, 1.54) is 0 Å². The summed E-state index contributed by atoms with van der Waals surface area (Å²) >= 11 is 10.8. The summed E-state index contributed by atoms with van der Waals surface area (Å²) < 4.78 is 24.1. The van der Waals surface area contributed by atoms with Gasteiger partial charge in [-0.15, -0.1) is 0 Å². The van der Waals surface area contributed by atoms with E-state index >= 15 is 0 Å². The standard InChI is InChI=1S/C10H14ClN3O2S2/c1-18(15,16)14-5-4-13-9-6-7(11)2-3-8(9)10(12)17/h2-3,6,13-14H,4-5H2,1H3,(H2,12,17). The molecule has 8 heteroatoms. The Bertz CT molecular complexity index is 546. The molecule has 0 radical (unpaired) electrons. The second-order valence-corrected chi connectivity index (χ2v) is 6.36. The highest BCUT2D eigenvalue weighted by Gasteiger charge is 2.06. The molecule has 4 N–H and O–H groups in total. The smallest absolute Gasteiger partial charge is 0.208 e. The van der Waals surface area contributed by atoms with Crippen LogP contribution in [0.15, 0.2) is 18.2 Å². The first-order valence-corrected chi connectivity index (χ1v) is 7.75. The summed E-state index contributed by atoms with van der Waals surface area (Å²) in [6.45, 7) is 0.672. The predicted octanol–water partition coefficient (Wildman–Crippen LogP) is 0.935. The summed E-state index contributed by atoms with van der Waals surface area (Å²) in [6, 6.07) is 5.10. The van der Waals surface area contributed by atoms with Crippen LogP contribution >= 0.6 is 23.8 Å². The van der Waals surface area contributed by atoms with Gasteiger partial charge in [0.25, 0.3) is 0 Å². The number of hydrogen-bond donors (Lipinski definition) is 3. The molecule has 0 fully saturated rings.